The van der Waals surface area contributed by atoms with Crippen molar-refractivity contribution < 1.29 is 22.4 Å². The lowest BCUT2D eigenvalue weighted by Crippen LogP contribution is -2.46. The first-order chi connectivity index (χ1) is 10.8. The van der Waals surface area contributed by atoms with E-state index in [1.807, 2.05) is 19.1 Å². The van der Waals surface area contributed by atoms with Crippen LogP contribution >= 0.6 is 0 Å². The Morgan fingerprint density at radius 3 is 2.52 bits per heavy atom. The first-order valence-corrected chi connectivity index (χ1v) is 9.59. The van der Waals surface area contributed by atoms with Crippen LogP contribution in [0.5, 0.6) is 0 Å². The van der Waals surface area contributed by atoms with E-state index in [9.17, 15) is 13.2 Å². The quantitative estimate of drug-likeness (QED) is 0.809. The van der Waals surface area contributed by atoms with Gasteiger partial charge in [0.1, 0.15) is 16.8 Å². The highest BCUT2D eigenvalue weighted by Gasteiger charge is 2.28. The van der Waals surface area contributed by atoms with Gasteiger partial charge in [-0.05, 0) is 26.0 Å². The molecule has 130 valence electrons. The first kappa shape index (κ1) is 18.0. The molecule has 1 aromatic rings. The molecule has 0 spiro atoms. The third-order valence-electron chi connectivity index (χ3n) is 4.06. The molecule has 23 heavy (non-hydrogen) atoms. The fourth-order valence-corrected chi connectivity index (χ4v) is 2.94. The highest BCUT2D eigenvalue weighted by Crippen LogP contribution is 2.23. The number of hydrogen-bond acceptors (Lipinski definition) is 6. The summed E-state index contributed by atoms with van der Waals surface area (Å²) in [7, 11) is -3.40. The van der Waals surface area contributed by atoms with Gasteiger partial charge in [-0.25, -0.2) is 8.42 Å². The van der Waals surface area contributed by atoms with Crippen molar-refractivity contribution in [2.24, 2.45) is 0 Å². The molecule has 1 aliphatic heterocycles. The fourth-order valence-electron chi connectivity index (χ4n) is 2.47. The molecular weight excluding hydrogens is 320 g/mol. The molecule has 1 N–H and O–H groups in total. The molecule has 7 nitrogen and oxygen atoms in total. The summed E-state index contributed by atoms with van der Waals surface area (Å²) < 4.78 is 34.0. The summed E-state index contributed by atoms with van der Waals surface area (Å²) in [5.74, 6) is 1.07. The number of aryl methyl sites for hydroxylation is 1. The summed E-state index contributed by atoms with van der Waals surface area (Å²) in [5.41, 5.74) is 0. The number of nitrogens with one attached hydrogen (secondary N) is 1. The van der Waals surface area contributed by atoms with Crippen LogP contribution in [0.15, 0.2) is 16.5 Å². The van der Waals surface area contributed by atoms with Crippen LogP contribution in [0, 0.1) is 6.92 Å². The van der Waals surface area contributed by atoms with Gasteiger partial charge < -0.3 is 14.5 Å². The predicted molar refractivity (Wildman–Crippen MR) is 85.9 cm³/mol. The van der Waals surface area contributed by atoms with Gasteiger partial charge in [0.25, 0.3) is 0 Å². The largest absolute Gasteiger partial charge is 0.465 e. The number of amides is 1. The highest BCUT2D eigenvalue weighted by atomic mass is 32.2. The van der Waals surface area contributed by atoms with E-state index >= 15 is 0 Å². The Hall–Kier alpha value is -1.38. The average Bonchev–Trinajstić information content (AvgIpc) is 2.93. The molecule has 1 fully saturated rings. The van der Waals surface area contributed by atoms with Crippen LogP contribution in [0.1, 0.15) is 24.5 Å². The minimum atomic E-state index is -3.40. The zero-order valence-electron chi connectivity index (χ0n) is 13.7. The fraction of sp³-hybridized carbons (Fsp3) is 0.667. The monoisotopic (exact) mass is 344 g/mol. The molecule has 1 amide bonds. The number of carbonyl (C=O) groups excluding carboxylic acids is 1. The van der Waals surface area contributed by atoms with E-state index in [4.69, 9.17) is 9.15 Å². The van der Waals surface area contributed by atoms with Crippen LogP contribution in [0.2, 0.25) is 0 Å². The number of hydrogen-bond donors (Lipinski definition) is 1. The number of nitrogens with zero attached hydrogens (tertiary/aromatic N) is 1. The van der Waals surface area contributed by atoms with E-state index in [1.165, 1.54) is 6.92 Å². The van der Waals surface area contributed by atoms with Crippen LogP contribution in [0.4, 0.5) is 0 Å². The Kier molecular flexibility index (Phi) is 5.83. The van der Waals surface area contributed by atoms with Crippen LogP contribution < -0.4 is 5.32 Å². The number of sulfone groups is 1. The van der Waals surface area contributed by atoms with Gasteiger partial charge in [0.2, 0.25) is 5.91 Å². The first-order valence-electron chi connectivity index (χ1n) is 7.63. The predicted octanol–water partition coefficient (Wildman–Crippen LogP) is 0.511. The summed E-state index contributed by atoms with van der Waals surface area (Å²) in [5, 5.41) is 1.67. The Bertz CT molecular complexity index is 634. The second-order valence-corrected chi connectivity index (χ2v) is 8.20. The van der Waals surface area contributed by atoms with E-state index in [-0.39, 0.29) is 6.04 Å². The van der Waals surface area contributed by atoms with Crippen molar-refractivity contribution in [3.8, 4) is 0 Å². The molecule has 1 aromatic heterocycles. The summed E-state index contributed by atoms with van der Waals surface area (Å²) in [6, 6.07) is 3.63. The second-order valence-electron chi connectivity index (χ2n) is 5.83. The van der Waals surface area contributed by atoms with Crippen LogP contribution in [0.25, 0.3) is 0 Å². The average molecular weight is 344 g/mol. The van der Waals surface area contributed by atoms with Gasteiger partial charge in [-0.2, -0.15) is 0 Å². The van der Waals surface area contributed by atoms with E-state index < -0.39 is 21.0 Å². The van der Waals surface area contributed by atoms with Crippen molar-refractivity contribution in [2.75, 3.05) is 39.1 Å². The lowest BCUT2D eigenvalue weighted by Gasteiger charge is -2.33. The number of furan rings is 1. The topological polar surface area (TPSA) is 88.9 Å². The van der Waals surface area contributed by atoms with Gasteiger partial charge in [0.05, 0.1) is 19.3 Å². The van der Waals surface area contributed by atoms with E-state index in [0.29, 0.717) is 19.8 Å². The standard InChI is InChI=1S/C15H24N2O5S/c1-11-4-5-14(22-11)13(17-6-8-21-9-7-17)10-16-15(18)12(2)23(3,19)20/h4-5,12-13H,6-10H2,1-3H3,(H,16,18)/t12-,13+/m0/s1. The highest BCUT2D eigenvalue weighted by molar-refractivity contribution is 7.92. The van der Waals surface area contributed by atoms with Gasteiger partial charge in [-0.3, -0.25) is 9.69 Å². The lowest BCUT2D eigenvalue weighted by atomic mass is 10.1. The van der Waals surface area contributed by atoms with Crippen LogP contribution in [-0.4, -0.2) is 63.6 Å². The second kappa shape index (κ2) is 7.46. The molecule has 0 radical (unpaired) electrons. The Labute approximate surface area is 136 Å². The van der Waals surface area contributed by atoms with Gasteiger partial charge in [-0.15, -0.1) is 0 Å². The molecular formula is C15H24N2O5S. The molecule has 1 aliphatic rings. The molecule has 2 heterocycles. The Balaban J connectivity index is 2.07. The minimum Gasteiger partial charge on any atom is -0.465 e. The third-order valence-corrected chi connectivity index (χ3v) is 5.56. The molecule has 0 aliphatic carbocycles. The van der Waals surface area contributed by atoms with Crippen LogP contribution in [-0.2, 0) is 19.4 Å². The number of ether oxygens (including phenoxy) is 1. The minimum absolute atomic E-state index is 0.136. The van der Waals surface area contributed by atoms with E-state index in [1.54, 1.807) is 0 Å². The SMILES string of the molecule is Cc1ccc([C@@H](CNC(=O)[C@H](C)S(C)(=O)=O)N2CCOCC2)o1. The molecule has 0 aromatic carbocycles. The molecule has 0 unspecified atom stereocenters. The molecule has 2 rings (SSSR count). The van der Waals surface area contributed by atoms with Gasteiger partial charge in [-0.1, -0.05) is 0 Å². The zero-order valence-corrected chi connectivity index (χ0v) is 14.6. The maximum Gasteiger partial charge on any atom is 0.238 e. The van der Waals surface area contributed by atoms with Crippen molar-refractivity contribution in [1.29, 1.82) is 0 Å². The Morgan fingerprint density at radius 2 is 2.00 bits per heavy atom. The maximum absolute atomic E-state index is 12.0. The zero-order chi connectivity index (χ0) is 17.0. The van der Waals surface area contributed by atoms with Crippen molar-refractivity contribution in [3.05, 3.63) is 23.7 Å². The van der Waals surface area contributed by atoms with Gasteiger partial charge in [0, 0.05) is 25.9 Å². The number of morpholine rings is 1. The van der Waals surface area contributed by atoms with E-state index in [2.05, 4.69) is 10.2 Å². The summed E-state index contributed by atoms with van der Waals surface area (Å²) in [6.07, 6.45) is 1.06. The summed E-state index contributed by atoms with van der Waals surface area (Å²) in [6.45, 7) is 6.29. The lowest BCUT2D eigenvalue weighted by molar-refractivity contribution is -0.120. The van der Waals surface area contributed by atoms with Crippen molar-refractivity contribution in [2.45, 2.75) is 25.1 Å². The van der Waals surface area contributed by atoms with E-state index in [0.717, 1.165) is 30.9 Å². The number of rotatable bonds is 6. The maximum atomic E-state index is 12.0. The summed E-state index contributed by atoms with van der Waals surface area (Å²) >= 11 is 0. The van der Waals surface area contributed by atoms with Crippen molar-refractivity contribution >= 4 is 15.7 Å². The smallest absolute Gasteiger partial charge is 0.238 e. The van der Waals surface area contributed by atoms with Gasteiger partial charge >= 0.3 is 0 Å². The van der Waals surface area contributed by atoms with Crippen molar-refractivity contribution in [3.63, 3.8) is 0 Å². The Morgan fingerprint density at radius 1 is 1.35 bits per heavy atom. The molecule has 1 saturated heterocycles. The van der Waals surface area contributed by atoms with Crippen molar-refractivity contribution in [1.82, 2.24) is 10.2 Å². The molecule has 8 heteroatoms. The normalized spacial score (nSPS) is 19.3. The third kappa shape index (κ3) is 4.79. The number of carbonyl (C=O) groups is 1. The van der Waals surface area contributed by atoms with Gasteiger partial charge in [0.15, 0.2) is 9.84 Å². The molecule has 0 saturated carbocycles. The molecule has 0 bridgehead atoms. The molecule has 2 atom stereocenters. The van der Waals surface area contributed by atoms with Crippen LogP contribution in [0.3, 0.4) is 0 Å². The summed E-state index contributed by atoms with van der Waals surface area (Å²) in [4.78, 5) is 14.2.